The number of nitrogens with zero attached hydrogens (tertiary/aromatic N) is 1. The van der Waals surface area contributed by atoms with Crippen molar-refractivity contribution >= 4 is 21.6 Å². The van der Waals surface area contributed by atoms with Gasteiger partial charge >= 0.3 is 0 Å². The summed E-state index contributed by atoms with van der Waals surface area (Å²) in [6.07, 6.45) is 0. The number of hydrogen-bond acceptors (Lipinski definition) is 1. The molecule has 1 heterocycles. The molecule has 0 amide bonds. The van der Waals surface area contributed by atoms with Crippen LogP contribution in [0.5, 0.6) is 0 Å². The molecular formula is C14H12BrN. The fraction of sp³-hybridized carbons (Fsp3) is 0.143. The van der Waals surface area contributed by atoms with Crippen LogP contribution in [0.2, 0.25) is 0 Å². The molecule has 0 N–H and O–H groups in total. The lowest BCUT2D eigenvalue weighted by Gasteiger charge is -2.05. The van der Waals surface area contributed by atoms with Crippen LogP contribution < -0.4 is 4.90 Å². The monoisotopic (exact) mass is 273 g/mol. The summed E-state index contributed by atoms with van der Waals surface area (Å²) in [4.78, 5) is 2.40. The summed E-state index contributed by atoms with van der Waals surface area (Å²) in [6, 6.07) is 19.7. The van der Waals surface area contributed by atoms with Crippen LogP contribution in [0.1, 0.15) is 11.6 Å². The Morgan fingerprint density at radius 3 is 2.31 bits per heavy atom. The topological polar surface area (TPSA) is 3.01 Å². The predicted molar refractivity (Wildman–Crippen MR) is 70.7 cm³/mol. The van der Waals surface area contributed by atoms with E-state index in [2.05, 4.69) is 75.4 Å². The second kappa shape index (κ2) is 3.95. The SMILES string of the molecule is Brc1ccc(N2CC2c2ccccc2)cc1. The van der Waals surface area contributed by atoms with Crippen molar-refractivity contribution in [3.63, 3.8) is 0 Å². The summed E-state index contributed by atoms with van der Waals surface area (Å²) in [7, 11) is 0. The molecule has 0 bridgehead atoms. The Balaban J connectivity index is 1.79. The summed E-state index contributed by atoms with van der Waals surface area (Å²) < 4.78 is 1.13. The zero-order valence-corrected chi connectivity index (χ0v) is 10.4. The third-order valence-corrected chi connectivity index (χ3v) is 3.48. The molecular weight excluding hydrogens is 262 g/mol. The molecule has 80 valence electrons. The van der Waals surface area contributed by atoms with Crippen molar-refractivity contribution in [3.05, 3.63) is 64.6 Å². The largest absolute Gasteiger partial charge is 0.360 e. The van der Waals surface area contributed by atoms with Gasteiger partial charge in [-0.3, -0.25) is 0 Å². The fourth-order valence-electron chi connectivity index (χ4n) is 2.02. The zero-order valence-electron chi connectivity index (χ0n) is 8.81. The fourth-order valence-corrected chi connectivity index (χ4v) is 2.28. The van der Waals surface area contributed by atoms with Crippen molar-refractivity contribution < 1.29 is 0 Å². The number of benzene rings is 2. The van der Waals surface area contributed by atoms with Crippen LogP contribution in [-0.4, -0.2) is 6.54 Å². The summed E-state index contributed by atoms with van der Waals surface area (Å²) in [5.41, 5.74) is 2.71. The van der Waals surface area contributed by atoms with Gasteiger partial charge in [-0.2, -0.15) is 0 Å². The van der Waals surface area contributed by atoms with Crippen molar-refractivity contribution in [2.75, 3.05) is 11.4 Å². The standard InChI is InChI=1S/C14H12BrN/c15-12-6-8-13(9-7-12)16-10-14(16)11-4-2-1-3-5-11/h1-9,14H,10H2. The van der Waals surface area contributed by atoms with E-state index in [9.17, 15) is 0 Å². The van der Waals surface area contributed by atoms with Crippen LogP contribution in [0.15, 0.2) is 59.1 Å². The molecule has 1 aliphatic heterocycles. The number of anilines is 1. The molecule has 0 spiro atoms. The molecule has 3 rings (SSSR count). The van der Waals surface area contributed by atoms with E-state index >= 15 is 0 Å². The molecule has 1 unspecified atom stereocenters. The summed E-state index contributed by atoms with van der Waals surface area (Å²) in [5.74, 6) is 0. The van der Waals surface area contributed by atoms with Gasteiger partial charge in [-0.15, -0.1) is 0 Å². The van der Waals surface area contributed by atoms with Gasteiger partial charge in [-0.05, 0) is 29.8 Å². The Bertz CT molecular complexity index is 478. The summed E-state index contributed by atoms with van der Waals surface area (Å²) in [5, 5.41) is 0. The van der Waals surface area contributed by atoms with Gasteiger partial charge in [0, 0.05) is 16.7 Å². The Morgan fingerprint density at radius 1 is 0.938 bits per heavy atom. The molecule has 0 radical (unpaired) electrons. The average molecular weight is 274 g/mol. The Labute approximate surface area is 104 Å². The van der Waals surface area contributed by atoms with Gasteiger partial charge in [0.05, 0.1) is 6.04 Å². The zero-order chi connectivity index (χ0) is 11.0. The maximum Gasteiger partial charge on any atom is 0.0718 e. The van der Waals surface area contributed by atoms with Crippen molar-refractivity contribution in [2.45, 2.75) is 6.04 Å². The van der Waals surface area contributed by atoms with E-state index in [0.717, 1.165) is 11.0 Å². The first-order valence-electron chi connectivity index (χ1n) is 5.42. The highest BCUT2D eigenvalue weighted by atomic mass is 79.9. The van der Waals surface area contributed by atoms with E-state index in [1.54, 1.807) is 0 Å². The summed E-state index contributed by atoms with van der Waals surface area (Å²) in [6.45, 7) is 1.13. The lowest BCUT2D eigenvalue weighted by Crippen LogP contribution is -1.93. The maximum atomic E-state index is 3.46. The Hall–Kier alpha value is -1.28. The second-order valence-electron chi connectivity index (χ2n) is 4.06. The molecule has 0 aromatic heterocycles. The van der Waals surface area contributed by atoms with Crippen LogP contribution in [0.3, 0.4) is 0 Å². The smallest absolute Gasteiger partial charge is 0.0718 e. The minimum absolute atomic E-state index is 0.572. The first kappa shape index (κ1) is 9.91. The highest BCUT2D eigenvalue weighted by molar-refractivity contribution is 9.10. The van der Waals surface area contributed by atoms with Gasteiger partial charge in [0.2, 0.25) is 0 Å². The van der Waals surface area contributed by atoms with Crippen LogP contribution in [-0.2, 0) is 0 Å². The van der Waals surface area contributed by atoms with Crippen molar-refractivity contribution in [1.29, 1.82) is 0 Å². The molecule has 1 atom stereocenters. The summed E-state index contributed by atoms with van der Waals surface area (Å²) >= 11 is 3.46. The number of halogens is 1. The molecule has 1 fully saturated rings. The Kier molecular flexibility index (Phi) is 2.44. The highest BCUT2D eigenvalue weighted by Gasteiger charge is 2.35. The van der Waals surface area contributed by atoms with E-state index in [1.807, 2.05) is 0 Å². The van der Waals surface area contributed by atoms with Crippen LogP contribution in [0.25, 0.3) is 0 Å². The molecule has 0 aliphatic carbocycles. The van der Waals surface area contributed by atoms with Crippen molar-refractivity contribution in [2.24, 2.45) is 0 Å². The predicted octanol–water partition coefficient (Wildman–Crippen LogP) is 4.01. The molecule has 2 aromatic carbocycles. The second-order valence-corrected chi connectivity index (χ2v) is 4.97. The maximum absolute atomic E-state index is 3.46. The van der Waals surface area contributed by atoms with Gasteiger partial charge in [0.15, 0.2) is 0 Å². The first-order chi connectivity index (χ1) is 7.84. The highest BCUT2D eigenvalue weighted by Crippen LogP contribution is 2.39. The van der Waals surface area contributed by atoms with Crippen molar-refractivity contribution in [3.8, 4) is 0 Å². The van der Waals surface area contributed by atoms with Gasteiger partial charge in [0.25, 0.3) is 0 Å². The Morgan fingerprint density at radius 2 is 1.62 bits per heavy atom. The van der Waals surface area contributed by atoms with Crippen LogP contribution >= 0.6 is 15.9 Å². The molecule has 1 saturated heterocycles. The number of rotatable bonds is 2. The average Bonchev–Trinajstić information content (AvgIpc) is 3.11. The molecule has 16 heavy (non-hydrogen) atoms. The van der Waals surface area contributed by atoms with E-state index in [1.165, 1.54) is 11.3 Å². The molecule has 0 saturated carbocycles. The minimum Gasteiger partial charge on any atom is -0.360 e. The van der Waals surface area contributed by atoms with E-state index in [-0.39, 0.29) is 0 Å². The third-order valence-electron chi connectivity index (χ3n) is 2.95. The van der Waals surface area contributed by atoms with Gasteiger partial charge in [-0.1, -0.05) is 46.3 Å². The molecule has 2 heteroatoms. The quantitative estimate of drug-likeness (QED) is 0.748. The van der Waals surface area contributed by atoms with E-state index < -0.39 is 0 Å². The van der Waals surface area contributed by atoms with Crippen LogP contribution in [0, 0.1) is 0 Å². The molecule has 1 aliphatic rings. The van der Waals surface area contributed by atoms with Gasteiger partial charge < -0.3 is 4.90 Å². The van der Waals surface area contributed by atoms with Gasteiger partial charge in [0.1, 0.15) is 0 Å². The first-order valence-corrected chi connectivity index (χ1v) is 6.21. The van der Waals surface area contributed by atoms with E-state index in [4.69, 9.17) is 0 Å². The lowest BCUT2D eigenvalue weighted by molar-refractivity contribution is 1.13. The normalized spacial score (nSPS) is 18.6. The minimum atomic E-state index is 0.572. The van der Waals surface area contributed by atoms with Crippen molar-refractivity contribution in [1.82, 2.24) is 0 Å². The molecule has 1 nitrogen and oxygen atoms in total. The number of hydrogen-bond donors (Lipinski definition) is 0. The molecule has 2 aromatic rings. The third kappa shape index (κ3) is 1.85. The van der Waals surface area contributed by atoms with Crippen LogP contribution in [0.4, 0.5) is 5.69 Å². The van der Waals surface area contributed by atoms with Gasteiger partial charge in [-0.25, -0.2) is 0 Å². The lowest BCUT2D eigenvalue weighted by atomic mass is 10.2. The van der Waals surface area contributed by atoms with E-state index in [0.29, 0.717) is 6.04 Å².